The van der Waals surface area contributed by atoms with E-state index in [1.165, 1.54) is 12.1 Å². The van der Waals surface area contributed by atoms with Crippen LogP contribution in [0.15, 0.2) is 18.2 Å². The minimum Gasteiger partial charge on any atom is -0.505 e. The number of phenolic OH excluding ortho intramolecular Hbond substituents is 1. The van der Waals surface area contributed by atoms with Crippen molar-refractivity contribution in [2.24, 2.45) is 0 Å². The minimum absolute atomic E-state index is 0.0503. The number of hydrogen-bond acceptors (Lipinski definition) is 5. The van der Waals surface area contributed by atoms with E-state index in [1.807, 2.05) is 0 Å². The molecule has 1 aromatic rings. The van der Waals surface area contributed by atoms with Crippen molar-refractivity contribution in [1.29, 1.82) is 0 Å². The molecular formula is C10H15N3O4S. The highest BCUT2D eigenvalue weighted by atomic mass is 32.2. The van der Waals surface area contributed by atoms with Gasteiger partial charge < -0.3 is 16.2 Å². The van der Waals surface area contributed by atoms with Crippen LogP contribution in [-0.4, -0.2) is 38.8 Å². The zero-order valence-corrected chi connectivity index (χ0v) is 10.6. The van der Waals surface area contributed by atoms with Gasteiger partial charge in [-0.15, -0.1) is 0 Å². The highest BCUT2D eigenvalue weighted by molar-refractivity contribution is 7.88. The van der Waals surface area contributed by atoms with Crippen LogP contribution in [0.2, 0.25) is 0 Å². The minimum atomic E-state index is -3.27. The summed E-state index contributed by atoms with van der Waals surface area (Å²) < 4.78 is 23.8. The Balaban J connectivity index is 2.54. The summed E-state index contributed by atoms with van der Waals surface area (Å²) in [6.45, 7) is 0.188. The molecule has 0 radical (unpaired) electrons. The number of rotatable bonds is 5. The molecule has 100 valence electrons. The first kappa shape index (κ1) is 14.3. The van der Waals surface area contributed by atoms with Crippen molar-refractivity contribution in [2.45, 2.75) is 0 Å². The van der Waals surface area contributed by atoms with Crippen LogP contribution in [0.1, 0.15) is 10.4 Å². The average molecular weight is 273 g/mol. The summed E-state index contributed by atoms with van der Waals surface area (Å²) >= 11 is 0. The third-order valence-electron chi connectivity index (χ3n) is 2.09. The molecule has 0 atom stereocenters. The number of carbonyl (C=O) groups excluding carboxylic acids is 1. The molecule has 0 aliphatic heterocycles. The van der Waals surface area contributed by atoms with Gasteiger partial charge in [-0.1, -0.05) is 6.07 Å². The molecule has 0 aromatic heterocycles. The average Bonchev–Trinajstić information content (AvgIpc) is 2.26. The van der Waals surface area contributed by atoms with E-state index in [9.17, 15) is 18.3 Å². The second kappa shape index (κ2) is 5.69. The first-order chi connectivity index (χ1) is 8.31. The molecule has 0 spiro atoms. The molecule has 0 aliphatic rings. The van der Waals surface area contributed by atoms with E-state index >= 15 is 0 Å². The zero-order chi connectivity index (χ0) is 13.8. The van der Waals surface area contributed by atoms with Crippen LogP contribution >= 0.6 is 0 Å². The van der Waals surface area contributed by atoms with E-state index in [4.69, 9.17) is 5.73 Å². The van der Waals surface area contributed by atoms with Crippen molar-refractivity contribution >= 4 is 21.6 Å². The molecule has 1 aromatic carbocycles. The molecule has 8 heteroatoms. The number of hydrogen-bond donors (Lipinski definition) is 4. The Morgan fingerprint density at radius 3 is 2.67 bits per heavy atom. The van der Waals surface area contributed by atoms with Gasteiger partial charge in [0.25, 0.3) is 5.91 Å². The van der Waals surface area contributed by atoms with Gasteiger partial charge in [0, 0.05) is 13.1 Å². The molecule has 0 saturated carbocycles. The van der Waals surface area contributed by atoms with E-state index < -0.39 is 15.9 Å². The first-order valence-corrected chi connectivity index (χ1v) is 7.00. The second-order valence-electron chi connectivity index (χ2n) is 3.67. The van der Waals surface area contributed by atoms with Gasteiger partial charge in [0.15, 0.2) is 5.75 Å². The molecule has 0 unspecified atom stereocenters. The van der Waals surface area contributed by atoms with Gasteiger partial charge in [-0.3, -0.25) is 4.79 Å². The fourth-order valence-electron chi connectivity index (χ4n) is 1.25. The maximum Gasteiger partial charge on any atom is 0.255 e. The van der Waals surface area contributed by atoms with Crippen molar-refractivity contribution in [3.05, 3.63) is 23.8 Å². The van der Waals surface area contributed by atoms with Crippen molar-refractivity contribution in [3.63, 3.8) is 0 Å². The van der Waals surface area contributed by atoms with E-state index in [1.54, 1.807) is 6.07 Å². The number of para-hydroxylation sites is 1. The van der Waals surface area contributed by atoms with Crippen LogP contribution < -0.4 is 15.8 Å². The van der Waals surface area contributed by atoms with Crippen LogP contribution in [-0.2, 0) is 10.0 Å². The Bertz CT molecular complexity index is 542. The maximum absolute atomic E-state index is 11.6. The van der Waals surface area contributed by atoms with Gasteiger partial charge >= 0.3 is 0 Å². The van der Waals surface area contributed by atoms with Crippen LogP contribution in [0.25, 0.3) is 0 Å². The summed E-state index contributed by atoms with van der Waals surface area (Å²) in [7, 11) is -3.27. The topological polar surface area (TPSA) is 122 Å². The molecule has 0 fully saturated rings. The standard InChI is InChI=1S/C10H15N3O4S/c1-18(16,17)13-6-5-12-10(15)7-3-2-4-8(11)9(7)14/h2-4,13-14H,5-6,11H2,1H3,(H,12,15). The van der Waals surface area contributed by atoms with Crippen LogP contribution in [0.4, 0.5) is 5.69 Å². The number of amides is 1. The maximum atomic E-state index is 11.6. The lowest BCUT2D eigenvalue weighted by molar-refractivity contribution is 0.0952. The van der Waals surface area contributed by atoms with E-state index in [0.717, 1.165) is 6.26 Å². The second-order valence-corrected chi connectivity index (χ2v) is 5.50. The molecule has 0 aliphatic carbocycles. The lowest BCUT2D eigenvalue weighted by Crippen LogP contribution is -2.34. The Kier molecular flexibility index (Phi) is 4.51. The Labute approximate surface area is 105 Å². The highest BCUT2D eigenvalue weighted by Crippen LogP contribution is 2.23. The summed E-state index contributed by atoms with van der Waals surface area (Å²) in [4.78, 5) is 11.6. The Morgan fingerprint density at radius 2 is 2.06 bits per heavy atom. The number of nitrogen functional groups attached to an aromatic ring is 1. The predicted octanol–water partition coefficient (Wildman–Crippen LogP) is -0.747. The monoisotopic (exact) mass is 273 g/mol. The van der Waals surface area contributed by atoms with Crippen LogP contribution in [0.3, 0.4) is 0 Å². The van der Waals surface area contributed by atoms with E-state index in [-0.39, 0.29) is 30.1 Å². The molecule has 7 nitrogen and oxygen atoms in total. The van der Waals surface area contributed by atoms with Gasteiger partial charge in [0.05, 0.1) is 17.5 Å². The lowest BCUT2D eigenvalue weighted by Gasteiger charge is -2.08. The molecule has 0 saturated heterocycles. The van der Waals surface area contributed by atoms with Crippen LogP contribution in [0, 0.1) is 0 Å². The number of sulfonamides is 1. The molecule has 0 bridgehead atoms. The number of anilines is 1. The third-order valence-corrected chi connectivity index (χ3v) is 2.82. The van der Waals surface area contributed by atoms with E-state index in [0.29, 0.717) is 0 Å². The van der Waals surface area contributed by atoms with E-state index in [2.05, 4.69) is 10.0 Å². The smallest absolute Gasteiger partial charge is 0.255 e. The quantitative estimate of drug-likeness (QED) is 0.319. The first-order valence-electron chi connectivity index (χ1n) is 5.11. The zero-order valence-electron chi connectivity index (χ0n) is 9.80. The number of nitrogens with one attached hydrogen (secondary N) is 2. The van der Waals surface area contributed by atoms with Gasteiger partial charge in [0.1, 0.15) is 0 Å². The van der Waals surface area contributed by atoms with Crippen molar-refractivity contribution in [2.75, 3.05) is 25.1 Å². The summed E-state index contributed by atoms with van der Waals surface area (Å²) in [6.07, 6.45) is 1.03. The third kappa shape index (κ3) is 4.22. The van der Waals surface area contributed by atoms with Gasteiger partial charge in [-0.05, 0) is 12.1 Å². The van der Waals surface area contributed by atoms with Crippen molar-refractivity contribution in [1.82, 2.24) is 10.0 Å². The molecular weight excluding hydrogens is 258 g/mol. The lowest BCUT2D eigenvalue weighted by atomic mass is 10.1. The summed E-state index contributed by atoms with van der Waals surface area (Å²) in [6, 6.07) is 4.43. The fourth-order valence-corrected chi connectivity index (χ4v) is 1.73. The van der Waals surface area contributed by atoms with Gasteiger partial charge in [-0.25, -0.2) is 13.1 Å². The number of phenols is 1. The molecule has 0 heterocycles. The van der Waals surface area contributed by atoms with Gasteiger partial charge in [-0.2, -0.15) is 0 Å². The number of carbonyl (C=O) groups is 1. The number of aromatic hydroxyl groups is 1. The normalized spacial score (nSPS) is 11.2. The number of benzene rings is 1. The summed E-state index contributed by atoms with van der Waals surface area (Å²) in [5.74, 6) is -0.804. The van der Waals surface area contributed by atoms with Crippen molar-refractivity contribution in [3.8, 4) is 5.75 Å². The SMILES string of the molecule is CS(=O)(=O)NCCNC(=O)c1cccc(N)c1O. The molecule has 1 rings (SSSR count). The summed E-state index contributed by atoms with van der Waals surface area (Å²) in [5, 5.41) is 12.0. The number of nitrogens with two attached hydrogens (primary N) is 1. The Morgan fingerprint density at radius 1 is 1.39 bits per heavy atom. The van der Waals surface area contributed by atoms with Crippen LogP contribution in [0.5, 0.6) is 5.75 Å². The van der Waals surface area contributed by atoms with Crippen molar-refractivity contribution < 1.29 is 18.3 Å². The largest absolute Gasteiger partial charge is 0.505 e. The Hall–Kier alpha value is -1.80. The predicted molar refractivity (Wildman–Crippen MR) is 67.7 cm³/mol. The molecule has 1 amide bonds. The highest BCUT2D eigenvalue weighted by Gasteiger charge is 2.12. The molecule has 18 heavy (non-hydrogen) atoms. The van der Waals surface area contributed by atoms with Gasteiger partial charge in [0.2, 0.25) is 10.0 Å². The fraction of sp³-hybridized carbons (Fsp3) is 0.300. The summed E-state index contributed by atoms with van der Waals surface area (Å²) in [5.41, 5.74) is 5.61. The molecule has 5 N–H and O–H groups in total.